The predicted molar refractivity (Wildman–Crippen MR) is 288 cm³/mol. The van der Waals surface area contributed by atoms with Gasteiger partial charge < -0.3 is 9.13 Å². The van der Waals surface area contributed by atoms with Gasteiger partial charge in [-0.3, -0.25) is 0 Å². The van der Waals surface area contributed by atoms with Crippen molar-refractivity contribution in [1.82, 2.24) is 9.13 Å². The number of fused-ring (bicyclic) bond motifs is 6. The van der Waals surface area contributed by atoms with Crippen molar-refractivity contribution in [2.75, 3.05) is 0 Å². The van der Waals surface area contributed by atoms with Gasteiger partial charge >= 0.3 is 0 Å². The average Bonchev–Trinajstić information content (AvgIpc) is 3.93. The molecule has 0 aliphatic rings. The molecular weight excluding hydrogens is 821 g/mol. The zero-order valence-electron chi connectivity index (χ0n) is 37.3. The summed E-state index contributed by atoms with van der Waals surface area (Å²) >= 11 is 0. The summed E-state index contributed by atoms with van der Waals surface area (Å²) in [5, 5.41) is 4.87. The second-order valence-electron chi connectivity index (χ2n) is 17.6. The summed E-state index contributed by atoms with van der Waals surface area (Å²) in [7, 11) is 0. The Morgan fingerprint density at radius 1 is 0.191 bits per heavy atom. The molecule has 2 heteroatoms. The molecule has 13 aromatic rings. The van der Waals surface area contributed by atoms with E-state index in [0.29, 0.717) is 0 Å². The van der Waals surface area contributed by atoms with Gasteiger partial charge in [0.25, 0.3) is 0 Å². The van der Waals surface area contributed by atoms with E-state index in [0.717, 1.165) is 22.4 Å². The molecule has 0 N–H and O–H groups in total. The van der Waals surface area contributed by atoms with Gasteiger partial charge in [-0.2, -0.15) is 0 Å². The third kappa shape index (κ3) is 6.57. The van der Waals surface area contributed by atoms with Crippen LogP contribution in [-0.4, -0.2) is 9.13 Å². The second kappa shape index (κ2) is 16.5. The van der Waals surface area contributed by atoms with E-state index in [2.05, 4.69) is 276 Å². The van der Waals surface area contributed by atoms with Crippen molar-refractivity contribution < 1.29 is 0 Å². The molecule has 2 heterocycles. The van der Waals surface area contributed by atoms with Crippen molar-refractivity contribution >= 4 is 43.6 Å². The monoisotopic (exact) mass is 864 g/mol. The molecule has 318 valence electrons. The fourth-order valence-electron chi connectivity index (χ4n) is 10.7. The lowest BCUT2D eigenvalue weighted by atomic mass is 9.87. The summed E-state index contributed by atoms with van der Waals surface area (Å²) in [6.45, 7) is 0. The van der Waals surface area contributed by atoms with Crippen LogP contribution in [0.1, 0.15) is 0 Å². The van der Waals surface area contributed by atoms with Crippen molar-refractivity contribution in [2.45, 2.75) is 0 Å². The highest BCUT2D eigenvalue weighted by atomic mass is 15.0. The van der Waals surface area contributed by atoms with Crippen LogP contribution < -0.4 is 0 Å². The number of nitrogens with zero attached hydrogens (tertiary/aromatic N) is 2. The summed E-state index contributed by atoms with van der Waals surface area (Å²) in [6.07, 6.45) is 0. The molecule has 0 fully saturated rings. The van der Waals surface area contributed by atoms with Crippen molar-refractivity contribution in [2.24, 2.45) is 0 Å². The maximum atomic E-state index is 2.48. The van der Waals surface area contributed by atoms with Gasteiger partial charge in [0.1, 0.15) is 0 Å². The Morgan fingerprint density at radius 2 is 0.559 bits per heavy atom. The first-order chi connectivity index (χ1) is 33.8. The quantitative estimate of drug-likeness (QED) is 0.144. The van der Waals surface area contributed by atoms with E-state index >= 15 is 0 Å². The first-order valence-corrected chi connectivity index (χ1v) is 23.4. The molecule has 11 aromatic carbocycles. The first-order valence-electron chi connectivity index (χ1n) is 23.4. The number of hydrogen-bond acceptors (Lipinski definition) is 0. The highest BCUT2D eigenvalue weighted by molar-refractivity contribution is 6.14. The molecule has 0 aliphatic carbocycles. The number of rotatable bonds is 8. The lowest BCUT2D eigenvalue weighted by Gasteiger charge is -2.17. The number of para-hydroxylation sites is 2. The standard InChI is InChI=1S/C66H44N2/c1-6-20-45(21-7-1)53-31-18-32-54(46-22-8-2-9-23-46)65(53)49-36-39-58-57-30-16-17-35-61(57)68(63(58)42-49)52-38-41-62-60(44-52)59-40-37-50(43-64(59)67(62)51-28-14-5-15-29-51)66-55(47-24-10-3-11-25-47)33-19-34-56(66)48-26-12-4-13-27-48/h1-44H. The Labute approximate surface area is 395 Å². The first kappa shape index (κ1) is 39.4. The summed E-state index contributed by atoms with van der Waals surface area (Å²) in [5.41, 5.74) is 21.4. The van der Waals surface area contributed by atoms with Crippen LogP contribution in [0.2, 0.25) is 0 Å². The third-order valence-corrected chi connectivity index (χ3v) is 13.7. The number of aromatic nitrogens is 2. The largest absolute Gasteiger partial charge is 0.309 e. The van der Waals surface area contributed by atoms with E-state index in [1.807, 2.05) is 0 Å². The number of benzene rings is 11. The highest BCUT2D eigenvalue weighted by Crippen LogP contribution is 2.45. The Kier molecular flexibility index (Phi) is 9.54. The lowest BCUT2D eigenvalue weighted by molar-refractivity contribution is 1.17. The predicted octanol–water partition coefficient (Wildman–Crippen LogP) is 17.9. The van der Waals surface area contributed by atoms with Gasteiger partial charge in [0, 0.05) is 32.9 Å². The maximum absolute atomic E-state index is 2.48. The van der Waals surface area contributed by atoms with Crippen LogP contribution >= 0.6 is 0 Å². The van der Waals surface area contributed by atoms with E-state index < -0.39 is 0 Å². The molecule has 0 spiro atoms. The molecule has 68 heavy (non-hydrogen) atoms. The normalized spacial score (nSPS) is 11.5. The molecular formula is C66H44N2. The van der Waals surface area contributed by atoms with Crippen molar-refractivity contribution in [3.8, 4) is 78.1 Å². The minimum Gasteiger partial charge on any atom is -0.309 e. The van der Waals surface area contributed by atoms with Crippen LogP contribution in [0.15, 0.2) is 267 Å². The van der Waals surface area contributed by atoms with Crippen molar-refractivity contribution in [1.29, 1.82) is 0 Å². The Bertz CT molecular complexity index is 3860. The van der Waals surface area contributed by atoms with Crippen molar-refractivity contribution in [3.63, 3.8) is 0 Å². The van der Waals surface area contributed by atoms with Crippen molar-refractivity contribution in [3.05, 3.63) is 267 Å². The zero-order valence-corrected chi connectivity index (χ0v) is 37.3. The van der Waals surface area contributed by atoms with Crippen LogP contribution in [0.5, 0.6) is 0 Å². The maximum Gasteiger partial charge on any atom is 0.0547 e. The van der Waals surface area contributed by atoms with E-state index in [1.165, 1.54) is 99.3 Å². The van der Waals surface area contributed by atoms with Gasteiger partial charge in [-0.25, -0.2) is 0 Å². The van der Waals surface area contributed by atoms with Crippen LogP contribution in [0, 0.1) is 0 Å². The SMILES string of the molecule is c1ccc(-c2cccc(-c3ccccc3)c2-c2ccc3c4ccccc4n(-c4ccc5c(c4)c4ccc(-c6c(-c7ccccc7)cccc6-c6ccccc6)cc4n5-c4ccccc4)c3c2)cc1. The number of hydrogen-bond donors (Lipinski definition) is 0. The Balaban J connectivity index is 1.05. The average molecular weight is 865 g/mol. The topological polar surface area (TPSA) is 9.86 Å². The zero-order chi connectivity index (χ0) is 45.0. The third-order valence-electron chi connectivity index (χ3n) is 13.7. The fourth-order valence-corrected chi connectivity index (χ4v) is 10.7. The highest BCUT2D eigenvalue weighted by Gasteiger charge is 2.21. The fraction of sp³-hybridized carbons (Fsp3) is 0. The molecule has 0 radical (unpaired) electrons. The molecule has 0 aliphatic heterocycles. The van der Waals surface area contributed by atoms with Gasteiger partial charge in [-0.1, -0.05) is 218 Å². The van der Waals surface area contributed by atoms with Crippen LogP contribution in [0.4, 0.5) is 0 Å². The molecule has 13 rings (SSSR count). The van der Waals surface area contributed by atoms with Gasteiger partial charge in [0.15, 0.2) is 0 Å². The molecule has 2 nitrogen and oxygen atoms in total. The molecule has 2 aromatic heterocycles. The smallest absolute Gasteiger partial charge is 0.0547 e. The Morgan fingerprint density at radius 3 is 1.03 bits per heavy atom. The minimum atomic E-state index is 1.12. The van der Waals surface area contributed by atoms with Crippen LogP contribution in [0.25, 0.3) is 122 Å². The Hall–Kier alpha value is -8.98. The summed E-state index contributed by atoms with van der Waals surface area (Å²) in [4.78, 5) is 0. The summed E-state index contributed by atoms with van der Waals surface area (Å²) in [5.74, 6) is 0. The van der Waals surface area contributed by atoms with Gasteiger partial charge in [-0.15, -0.1) is 0 Å². The van der Waals surface area contributed by atoms with E-state index in [9.17, 15) is 0 Å². The van der Waals surface area contributed by atoms with Crippen LogP contribution in [-0.2, 0) is 0 Å². The van der Waals surface area contributed by atoms with Gasteiger partial charge in [0.2, 0.25) is 0 Å². The molecule has 0 atom stereocenters. The lowest BCUT2D eigenvalue weighted by Crippen LogP contribution is -1.96. The minimum absolute atomic E-state index is 1.12. The van der Waals surface area contributed by atoms with Gasteiger partial charge in [-0.05, 0) is 115 Å². The second-order valence-corrected chi connectivity index (χ2v) is 17.6. The van der Waals surface area contributed by atoms with Gasteiger partial charge in [0.05, 0.1) is 22.1 Å². The molecule has 0 unspecified atom stereocenters. The summed E-state index contributed by atoms with van der Waals surface area (Å²) < 4.78 is 4.92. The van der Waals surface area contributed by atoms with E-state index in [1.54, 1.807) is 0 Å². The van der Waals surface area contributed by atoms with E-state index in [4.69, 9.17) is 0 Å². The molecule has 0 saturated heterocycles. The molecule has 0 amide bonds. The van der Waals surface area contributed by atoms with E-state index in [-0.39, 0.29) is 0 Å². The molecule has 0 bridgehead atoms. The summed E-state index contributed by atoms with van der Waals surface area (Å²) in [6, 6.07) is 97.5. The molecule has 0 saturated carbocycles. The van der Waals surface area contributed by atoms with Crippen LogP contribution in [0.3, 0.4) is 0 Å².